The van der Waals surface area contributed by atoms with Crippen LogP contribution in [-0.4, -0.2) is 11.4 Å². The van der Waals surface area contributed by atoms with Crippen molar-refractivity contribution in [2.45, 2.75) is 140 Å². The molecule has 8 aliphatic carbocycles. The molecule has 19 rings (SSSR count). The lowest BCUT2D eigenvalue weighted by atomic mass is 9.42. The quantitative estimate of drug-likeness (QED) is 0.156. The average Bonchev–Trinajstić information content (AvgIpc) is 4.31. The highest BCUT2D eigenvalue weighted by Crippen LogP contribution is 2.62. The topological polar surface area (TPSA) is 8.17 Å². The maximum atomic E-state index is 2.88. The minimum Gasteiger partial charge on any atom is -0.376 e. The molecule has 6 saturated carbocycles. The summed E-state index contributed by atoms with van der Waals surface area (Å²) >= 11 is 0. The monoisotopic (exact) mass is 1010 g/mol. The maximum absolute atomic E-state index is 2.88. The second kappa shape index (κ2) is 15.4. The van der Waals surface area contributed by atoms with E-state index in [2.05, 4.69) is 196 Å². The van der Waals surface area contributed by atoms with Crippen LogP contribution in [0.5, 0.6) is 0 Å². The minimum atomic E-state index is -0.197. The molecule has 3 heteroatoms. The molecule has 2 aliphatic heterocycles. The summed E-state index contributed by atoms with van der Waals surface area (Å²) < 4.78 is 2.87. The zero-order valence-corrected chi connectivity index (χ0v) is 46.5. The molecule has 2 nitrogen and oxygen atoms in total. The van der Waals surface area contributed by atoms with Crippen LogP contribution in [0.2, 0.25) is 0 Å². The van der Waals surface area contributed by atoms with Crippen molar-refractivity contribution in [2.24, 2.45) is 29.6 Å². The SMILES string of the molecule is CCC1(c2ccc3c(c2)c2cc(C45CC6CC(CC(C6)C4)C5)cc4c2n3-c2c3c(cc5c2B4N(c2ccc(-c4ccccc4)cc2)c2cc4c(cc2-5)C(C)(C)c2ccccc2C4(C)C)-c2ccccc2C3)CC2CCC(C2)C1. The Morgan fingerprint density at radius 1 is 0.513 bits per heavy atom. The minimum absolute atomic E-state index is 0.0345. The molecular formula is C75H71BN2. The third kappa shape index (κ3) is 5.86. The first kappa shape index (κ1) is 45.3. The van der Waals surface area contributed by atoms with E-state index in [0.29, 0.717) is 0 Å². The Labute approximate surface area is 462 Å². The predicted octanol–water partition coefficient (Wildman–Crippen LogP) is 17.6. The zero-order valence-electron chi connectivity index (χ0n) is 46.5. The van der Waals surface area contributed by atoms with Gasteiger partial charge < -0.3 is 9.38 Å². The Hall–Kier alpha value is -6.58. The van der Waals surface area contributed by atoms with Crippen LogP contribution in [0.3, 0.4) is 0 Å². The van der Waals surface area contributed by atoms with Crippen LogP contribution in [0.15, 0.2) is 152 Å². The van der Waals surface area contributed by atoms with Crippen LogP contribution >= 0.6 is 0 Å². The number of hydrogen-bond donors (Lipinski definition) is 0. The zero-order chi connectivity index (χ0) is 51.8. The van der Waals surface area contributed by atoms with E-state index < -0.39 is 0 Å². The van der Waals surface area contributed by atoms with Crippen molar-refractivity contribution in [1.29, 1.82) is 0 Å². The van der Waals surface area contributed by atoms with Gasteiger partial charge in [-0.05, 0) is 236 Å². The summed E-state index contributed by atoms with van der Waals surface area (Å²) in [7, 11) is 0. The van der Waals surface area contributed by atoms with Gasteiger partial charge >= 0.3 is 6.85 Å². The van der Waals surface area contributed by atoms with E-state index in [1.54, 1.807) is 11.1 Å². The van der Waals surface area contributed by atoms with Crippen LogP contribution in [0.25, 0.3) is 60.9 Å². The molecule has 0 N–H and O–H groups in total. The normalized spacial score (nSPS) is 27.4. The molecule has 384 valence electrons. The molecule has 0 spiro atoms. The number of nitrogens with zero attached hydrogens (tertiary/aromatic N) is 2. The average molecular weight is 1010 g/mol. The summed E-state index contributed by atoms with van der Waals surface area (Å²) in [5.74, 6) is 4.34. The molecule has 2 unspecified atom stereocenters. The van der Waals surface area contributed by atoms with Crippen molar-refractivity contribution >= 4 is 51.0 Å². The molecule has 0 amide bonds. The van der Waals surface area contributed by atoms with Gasteiger partial charge in [-0.25, -0.2) is 0 Å². The Morgan fingerprint density at radius 3 is 1.85 bits per heavy atom. The first-order valence-corrected chi connectivity index (χ1v) is 30.6. The van der Waals surface area contributed by atoms with Crippen molar-refractivity contribution in [3.63, 3.8) is 0 Å². The molecule has 0 saturated heterocycles. The lowest BCUT2D eigenvalue weighted by molar-refractivity contribution is -0.00509. The van der Waals surface area contributed by atoms with Gasteiger partial charge in [-0.3, -0.25) is 0 Å². The Morgan fingerprint density at radius 2 is 1.14 bits per heavy atom. The number of fused-ring (bicyclic) bond motifs is 15. The van der Waals surface area contributed by atoms with E-state index in [-0.39, 0.29) is 28.5 Å². The van der Waals surface area contributed by atoms with E-state index in [4.69, 9.17) is 0 Å². The molecule has 78 heavy (non-hydrogen) atoms. The standard InChI is InChI=1S/C75H71BN2/c1-6-74(39-44-20-21-45(28-44)40-74)52-24-27-67-57(33-52)61-34-53(75-41-46-29-47(42-75)31-48(30-46)43-75)35-66-70(61)77(67)71-60-32-51-16-10-11-17-55(51)56(60)36-59-58-37-64-65(73(4,5)63-19-13-12-18-62(63)72(64,2)3)38-68(58)78(76(66)69(59)71)54-25-22-50(23-26-54)49-14-8-7-9-15-49/h7-19,22-27,33-38,44-48H,6,20-21,28-32,39-43H2,1-5H3. The summed E-state index contributed by atoms with van der Waals surface area (Å²) in [6.07, 6.45) is 17.6. The molecule has 2 atom stereocenters. The molecule has 9 aromatic rings. The van der Waals surface area contributed by atoms with Crippen molar-refractivity contribution in [3.05, 3.63) is 196 Å². The highest BCUT2D eigenvalue weighted by molar-refractivity contribution is 6.93. The van der Waals surface area contributed by atoms with Crippen LogP contribution < -0.4 is 15.7 Å². The van der Waals surface area contributed by atoms with Gasteiger partial charge in [-0.2, -0.15) is 0 Å². The van der Waals surface area contributed by atoms with Crippen molar-refractivity contribution < 1.29 is 0 Å². The summed E-state index contributed by atoms with van der Waals surface area (Å²) in [5.41, 5.74) is 30.2. The van der Waals surface area contributed by atoms with E-state index in [1.165, 1.54) is 194 Å². The van der Waals surface area contributed by atoms with E-state index in [0.717, 1.165) is 36.0 Å². The summed E-state index contributed by atoms with van der Waals surface area (Å²) in [6, 6.07) is 61.4. The first-order chi connectivity index (χ1) is 38.0. The molecule has 10 aliphatic rings. The molecular weight excluding hydrogens is 940 g/mol. The largest absolute Gasteiger partial charge is 0.376 e. The van der Waals surface area contributed by atoms with Crippen molar-refractivity contribution in [2.75, 3.05) is 4.81 Å². The van der Waals surface area contributed by atoms with Crippen LogP contribution in [0, 0.1) is 29.6 Å². The number of hydrogen-bond acceptors (Lipinski definition) is 1. The smallest absolute Gasteiger partial charge is 0.333 e. The number of aromatic nitrogens is 1. The molecule has 6 bridgehead atoms. The van der Waals surface area contributed by atoms with Crippen molar-refractivity contribution in [3.8, 4) is 39.1 Å². The summed E-state index contributed by atoms with van der Waals surface area (Å²) in [4.78, 5) is 2.88. The fourth-order valence-corrected chi connectivity index (χ4v) is 20.4. The molecule has 0 radical (unpaired) electrons. The van der Waals surface area contributed by atoms with Gasteiger partial charge in [-0.1, -0.05) is 151 Å². The molecule has 8 aromatic carbocycles. The molecule has 6 fully saturated rings. The van der Waals surface area contributed by atoms with E-state index in [1.807, 2.05) is 0 Å². The fourth-order valence-electron chi connectivity index (χ4n) is 20.4. The lowest BCUT2D eigenvalue weighted by Gasteiger charge is -2.57. The van der Waals surface area contributed by atoms with Gasteiger partial charge in [0, 0.05) is 50.6 Å². The van der Waals surface area contributed by atoms with Gasteiger partial charge in [-0.15, -0.1) is 0 Å². The van der Waals surface area contributed by atoms with Gasteiger partial charge in [0.1, 0.15) is 0 Å². The third-order valence-corrected chi connectivity index (χ3v) is 23.6. The number of anilines is 2. The second-order valence-electron chi connectivity index (χ2n) is 28.3. The maximum Gasteiger partial charge on any atom is 0.333 e. The highest BCUT2D eigenvalue weighted by Gasteiger charge is 2.54. The van der Waals surface area contributed by atoms with Crippen LogP contribution in [0.4, 0.5) is 11.4 Å². The lowest BCUT2D eigenvalue weighted by Crippen LogP contribution is -2.61. The first-order valence-electron chi connectivity index (χ1n) is 30.6. The van der Waals surface area contributed by atoms with E-state index in [9.17, 15) is 0 Å². The summed E-state index contributed by atoms with van der Waals surface area (Å²) in [5, 5.41) is 3.00. The Kier molecular flexibility index (Phi) is 8.95. The Bertz CT molecular complexity index is 4040. The van der Waals surface area contributed by atoms with Crippen LogP contribution in [-0.2, 0) is 28.1 Å². The van der Waals surface area contributed by atoms with E-state index >= 15 is 0 Å². The molecule has 3 heterocycles. The van der Waals surface area contributed by atoms with Gasteiger partial charge in [0.05, 0.1) is 11.0 Å². The van der Waals surface area contributed by atoms with Gasteiger partial charge in [0.2, 0.25) is 0 Å². The van der Waals surface area contributed by atoms with Crippen molar-refractivity contribution in [1.82, 2.24) is 4.57 Å². The second-order valence-corrected chi connectivity index (χ2v) is 28.3. The Balaban J connectivity index is 0.977. The van der Waals surface area contributed by atoms with Gasteiger partial charge in [0.25, 0.3) is 0 Å². The predicted molar refractivity (Wildman–Crippen MR) is 326 cm³/mol. The number of rotatable bonds is 5. The number of benzene rings is 8. The highest BCUT2D eigenvalue weighted by atomic mass is 15.1. The van der Waals surface area contributed by atoms with Gasteiger partial charge in [0.15, 0.2) is 0 Å². The molecule has 1 aromatic heterocycles. The third-order valence-electron chi connectivity index (χ3n) is 23.6. The van der Waals surface area contributed by atoms with Crippen LogP contribution in [0.1, 0.15) is 156 Å². The fraction of sp³-hybridized carbons (Fsp3) is 0.360. The summed E-state index contributed by atoms with van der Waals surface area (Å²) in [6.45, 7) is 12.5.